The predicted molar refractivity (Wildman–Crippen MR) is 77.5 cm³/mol. The molecule has 8 nitrogen and oxygen atoms in total. The number of esters is 1. The summed E-state index contributed by atoms with van der Waals surface area (Å²) >= 11 is 0. The Morgan fingerprint density at radius 2 is 1.76 bits per heavy atom. The van der Waals surface area contributed by atoms with Crippen LogP contribution >= 0.6 is 0 Å². The summed E-state index contributed by atoms with van der Waals surface area (Å²) in [4.78, 5) is 11.6. The molecule has 0 amide bonds. The zero-order valence-electron chi connectivity index (χ0n) is 12.2. The first kappa shape index (κ1) is 18.3. The number of methoxy groups -OCH3 is 1. The van der Waals surface area contributed by atoms with Crippen molar-refractivity contribution >= 4 is 26.0 Å². The Bertz CT molecular complexity index is 557. The average Bonchev–Trinajstić information content (AvgIpc) is 2.86. The van der Waals surface area contributed by atoms with Gasteiger partial charge in [-0.2, -0.15) is 0 Å². The minimum absolute atomic E-state index is 0.120. The Balaban J connectivity index is 2.48. The summed E-state index contributed by atoms with van der Waals surface area (Å²) in [6, 6.07) is 0. The van der Waals surface area contributed by atoms with E-state index < -0.39 is 37.2 Å². The lowest BCUT2D eigenvalue weighted by Gasteiger charge is -2.18. The molecule has 0 saturated heterocycles. The molecule has 10 heteroatoms. The van der Waals surface area contributed by atoms with Crippen molar-refractivity contribution in [3.05, 3.63) is 0 Å². The quantitative estimate of drug-likeness (QED) is 0.440. The van der Waals surface area contributed by atoms with E-state index in [0.717, 1.165) is 6.26 Å². The molecule has 124 valence electrons. The van der Waals surface area contributed by atoms with Gasteiger partial charge in [-0.05, 0) is 19.3 Å². The number of ether oxygens (including phenoxy) is 1. The molecule has 0 spiro atoms. The summed E-state index contributed by atoms with van der Waals surface area (Å²) in [6.45, 7) is 0.279. The first-order valence-corrected chi connectivity index (χ1v) is 10.1. The lowest BCUT2D eigenvalue weighted by molar-refractivity contribution is -0.145. The van der Waals surface area contributed by atoms with Gasteiger partial charge in [0.05, 0.1) is 24.5 Å². The average molecular weight is 342 g/mol. The Morgan fingerprint density at radius 3 is 2.33 bits per heavy atom. The van der Waals surface area contributed by atoms with Crippen LogP contribution < -0.4 is 9.44 Å². The maximum absolute atomic E-state index is 12.2. The lowest BCUT2D eigenvalue weighted by Crippen LogP contribution is -2.40. The van der Waals surface area contributed by atoms with Crippen molar-refractivity contribution in [3.63, 3.8) is 0 Å². The second-order valence-electron chi connectivity index (χ2n) is 5.06. The topological polar surface area (TPSA) is 119 Å². The van der Waals surface area contributed by atoms with Crippen molar-refractivity contribution in [2.75, 3.05) is 26.5 Å². The highest BCUT2D eigenvalue weighted by Crippen LogP contribution is 2.31. The second-order valence-corrected chi connectivity index (χ2v) is 8.88. The number of sulfonamides is 2. The smallest absolute Gasteiger partial charge is 0.310 e. The predicted octanol–water partition coefficient (Wildman–Crippen LogP) is -0.813. The van der Waals surface area contributed by atoms with E-state index in [1.807, 2.05) is 0 Å². The number of hydrogen-bond donors (Lipinski definition) is 2. The van der Waals surface area contributed by atoms with Gasteiger partial charge in [0.1, 0.15) is 0 Å². The van der Waals surface area contributed by atoms with E-state index in [2.05, 4.69) is 14.2 Å². The summed E-state index contributed by atoms with van der Waals surface area (Å²) < 4.78 is 55.4. The number of nitrogens with one attached hydrogen (secondary N) is 2. The van der Waals surface area contributed by atoms with Crippen LogP contribution in [-0.4, -0.2) is 54.5 Å². The molecule has 1 rings (SSSR count). The van der Waals surface area contributed by atoms with Crippen LogP contribution in [-0.2, 0) is 29.6 Å². The SMILES string of the molecule is COC(=O)C1CCCC1S(=O)(=O)NCCCNS(C)(=O)=O. The fraction of sp³-hybridized carbons (Fsp3) is 0.909. The third-order valence-corrected chi connectivity index (χ3v) is 6.07. The van der Waals surface area contributed by atoms with Crippen molar-refractivity contribution in [2.45, 2.75) is 30.9 Å². The van der Waals surface area contributed by atoms with Gasteiger partial charge in [-0.3, -0.25) is 4.79 Å². The molecule has 1 aliphatic rings. The molecular weight excluding hydrogens is 320 g/mol. The molecule has 0 bridgehead atoms. The highest BCUT2D eigenvalue weighted by molar-refractivity contribution is 7.90. The van der Waals surface area contributed by atoms with Crippen molar-refractivity contribution in [1.29, 1.82) is 0 Å². The Labute approximate surface area is 125 Å². The van der Waals surface area contributed by atoms with Crippen LogP contribution in [0.25, 0.3) is 0 Å². The highest BCUT2D eigenvalue weighted by atomic mass is 32.2. The Kier molecular flexibility index (Phi) is 6.57. The fourth-order valence-corrected chi connectivity index (χ4v) is 4.70. The highest BCUT2D eigenvalue weighted by Gasteiger charge is 2.41. The minimum Gasteiger partial charge on any atom is -0.469 e. The monoisotopic (exact) mass is 342 g/mol. The fourth-order valence-electron chi connectivity index (χ4n) is 2.39. The first-order valence-electron chi connectivity index (χ1n) is 6.68. The molecule has 0 aromatic carbocycles. The molecule has 0 heterocycles. The van der Waals surface area contributed by atoms with E-state index in [9.17, 15) is 21.6 Å². The van der Waals surface area contributed by atoms with Crippen LogP contribution in [0.3, 0.4) is 0 Å². The molecule has 2 N–H and O–H groups in total. The third-order valence-electron chi connectivity index (χ3n) is 3.38. The van der Waals surface area contributed by atoms with E-state index in [4.69, 9.17) is 0 Å². The standard InChI is InChI=1S/C11H22N2O6S2/c1-19-11(14)9-5-3-6-10(9)21(17,18)13-8-4-7-12-20(2,15)16/h9-10,12-13H,3-8H2,1-2H3. The first-order chi connectivity index (χ1) is 9.67. The lowest BCUT2D eigenvalue weighted by atomic mass is 10.1. The summed E-state index contributed by atoms with van der Waals surface area (Å²) in [5, 5.41) is -0.771. The van der Waals surface area contributed by atoms with E-state index in [1.165, 1.54) is 7.11 Å². The van der Waals surface area contributed by atoms with Gasteiger partial charge in [-0.25, -0.2) is 26.3 Å². The molecule has 1 aliphatic carbocycles. The number of rotatable bonds is 8. The van der Waals surface area contributed by atoms with Gasteiger partial charge >= 0.3 is 5.97 Å². The Morgan fingerprint density at radius 1 is 1.14 bits per heavy atom. The van der Waals surface area contributed by atoms with Crippen molar-refractivity contribution < 1.29 is 26.4 Å². The van der Waals surface area contributed by atoms with Gasteiger partial charge in [0.2, 0.25) is 20.0 Å². The van der Waals surface area contributed by atoms with Gasteiger partial charge in [0, 0.05) is 13.1 Å². The van der Waals surface area contributed by atoms with Crippen LogP contribution in [0.5, 0.6) is 0 Å². The van der Waals surface area contributed by atoms with Gasteiger partial charge < -0.3 is 4.74 Å². The summed E-state index contributed by atoms with van der Waals surface area (Å²) in [6.07, 6.45) is 2.98. The maximum Gasteiger partial charge on any atom is 0.310 e. The van der Waals surface area contributed by atoms with Crippen LogP contribution in [0, 0.1) is 5.92 Å². The minimum atomic E-state index is -3.61. The van der Waals surface area contributed by atoms with Gasteiger partial charge in [-0.15, -0.1) is 0 Å². The van der Waals surface area contributed by atoms with Gasteiger partial charge in [0.15, 0.2) is 0 Å². The van der Waals surface area contributed by atoms with Gasteiger partial charge in [-0.1, -0.05) is 6.42 Å². The van der Waals surface area contributed by atoms with Crippen LogP contribution in [0.15, 0.2) is 0 Å². The zero-order chi connectivity index (χ0) is 16.1. The van der Waals surface area contributed by atoms with Crippen molar-refractivity contribution in [1.82, 2.24) is 9.44 Å². The van der Waals surface area contributed by atoms with Crippen LogP contribution in [0.1, 0.15) is 25.7 Å². The molecule has 0 radical (unpaired) electrons. The largest absolute Gasteiger partial charge is 0.469 e. The normalized spacial score (nSPS) is 23.1. The summed E-state index contributed by atoms with van der Waals surface area (Å²) in [5.41, 5.74) is 0. The molecule has 0 aliphatic heterocycles. The van der Waals surface area contributed by atoms with Crippen LogP contribution in [0.4, 0.5) is 0 Å². The summed E-state index contributed by atoms with van der Waals surface area (Å²) in [7, 11) is -5.63. The van der Waals surface area contributed by atoms with Crippen molar-refractivity contribution in [3.8, 4) is 0 Å². The Hall–Kier alpha value is -0.710. The molecule has 0 aromatic heterocycles. The van der Waals surface area contributed by atoms with E-state index in [0.29, 0.717) is 25.7 Å². The number of hydrogen-bond acceptors (Lipinski definition) is 6. The number of carbonyl (C=O) groups excluding carboxylic acids is 1. The van der Waals surface area contributed by atoms with E-state index in [-0.39, 0.29) is 13.1 Å². The molecule has 21 heavy (non-hydrogen) atoms. The van der Waals surface area contributed by atoms with E-state index in [1.54, 1.807) is 0 Å². The van der Waals surface area contributed by atoms with Crippen LogP contribution in [0.2, 0.25) is 0 Å². The second kappa shape index (κ2) is 7.52. The van der Waals surface area contributed by atoms with E-state index >= 15 is 0 Å². The van der Waals surface area contributed by atoms with Gasteiger partial charge in [0.25, 0.3) is 0 Å². The summed E-state index contributed by atoms with van der Waals surface area (Å²) in [5.74, 6) is -1.12. The third kappa shape index (κ3) is 5.89. The molecule has 1 fully saturated rings. The maximum atomic E-state index is 12.2. The molecule has 2 unspecified atom stereocenters. The zero-order valence-corrected chi connectivity index (χ0v) is 13.8. The van der Waals surface area contributed by atoms with Crippen molar-refractivity contribution in [2.24, 2.45) is 5.92 Å². The molecule has 2 atom stereocenters. The molecular formula is C11H22N2O6S2. The number of carbonyl (C=O) groups is 1. The molecule has 1 saturated carbocycles. The molecule has 0 aromatic rings.